The molecular formula is C27H35BO6S. The van der Waals surface area contributed by atoms with Crippen LogP contribution in [-0.2, 0) is 18.8 Å². The van der Waals surface area contributed by atoms with Crippen LogP contribution in [0.25, 0.3) is 0 Å². The molecule has 6 fully saturated rings. The van der Waals surface area contributed by atoms with Crippen molar-refractivity contribution in [2.45, 2.75) is 99.7 Å². The summed E-state index contributed by atoms with van der Waals surface area (Å²) in [7, 11) is -0.186. The lowest BCUT2D eigenvalue weighted by Crippen LogP contribution is -2.65. The van der Waals surface area contributed by atoms with E-state index in [2.05, 4.69) is 32.9 Å². The molecule has 4 aliphatic carbocycles. The van der Waals surface area contributed by atoms with Crippen molar-refractivity contribution in [3.63, 3.8) is 0 Å². The highest BCUT2D eigenvalue weighted by molar-refractivity contribution is 8.00. The molecule has 7 atom stereocenters. The first-order valence-corrected chi connectivity index (χ1v) is 14.1. The number of hydrogen-bond donors (Lipinski definition) is 0. The van der Waals surface area contributed by atoms with E-state index in [1.54, 1.807) is 25.6 Å². The average Bonchev–Trinajstić information content (AvgIpc) is 3.22. The lowest BCUT2D eigenvalue weighted by Gasteiger charge is -2.64. The molecule has 188 valence electrons. The van der Waals surface area contributed by atoms with Crippen LogP contribution in [0.4, 0.5) is 0 Å². The molecule has 1 aromatic rings. The Morgan fingerprint density at radius 2 is 1.89 bits per heavy atom. The molecule has 1 unspecified atom stereocenters. The van der Waals surface area contributed by atoms with Crippen molar-refractivity contribution in [3.8, 4) is 5.75 Å². The van der Waals surface area contributed by atoms with Crippen molar-refractivity contribution in [2.75, 3.05) is 13.2 Å². The second-order valence-corrected chi connectivity index (χ2v) is 14.0. The van der Waals surface area contributed by atoms with Crippen LogP contribution >= 0.6 is 11.8 Å². The van der Waals surface area contributed by atoms with Gasteiger partial charge in [-0.1, -0.05) is 19.9 Å². The maximum Gasteiger partial charge on any atom is 0.461 e. The molecule has 7 aliphatic rings. The Morgan fingerprint density at radius 3 is 2.63 bits per heavy atom. The zero-order valence-corrected chi connectivity index (χ0v) is 22.1. The third-order valence-electron chi connectivity index (χ3n) is 9.78. The first kappa shape index (κ1) is 22.9. The number of carbonyl (C=O) groups is 1. The fraction of sp³-hybridized carbons (Fsp3) is 0.741. The predicted molar refractivity (Wildman–Crippen MR) is 133 cm³/mol. The van der Waals surface area contributed by atoms with Crippen LogP contribution in [0.5, 0.6) is 5.75 Å². The van der Waals surface area contributed by atoms with E-state index in [-0.39, 0.29) is 36.5 Å². The topological polar surface area (TPSA) is 63.2 Å². The van der Waals surface area contributed by atoms with Crippen LogP contribution in [0.15, 0.2) is 17.0 Å². The Labute approximate surface area is 212 Å². The van der Waals surface area contributed by atoms with Crippen molar-refractivity contribution in [2.24, 2.45) is 17.3 Å². The lowest BCUT2D eigenvalue weighted by molar-refractivity contribution is -0.199. The minimum atomic E-state index is -0.988. The van der Waals surface area contributed by atoms with Gasteiger partial charge in [-0.15, -0.1) is 11.8 Å². The van der Waals surface area contributed by atoms with Gasteiger partial charge in [-0.3, -0.25) is 0 Å². The number of ether oxygens (including phenoxy) is 3. The van der Waals surface area contributed by atoms with E-state index < -0.39 is 5.79 Å². The number of benzene rings is 1. The molecule has 3 aliphatic heterocycles. The summed E-state index contributed by atoms with van der Waals surface area (Å²) in [5, 5.41) is 0.348. The molecule has 4 saturated carbocycles. The third kappa shape index (κ3) is 3.39. The van der Waals surface area contributed by atoms with E-state index in [0.29, 0.717) is 34.5 Å². The van der Waals surface area contributed by atoms with Crippen molar-refractivity contribution in [3.05, 3.63) is 23.3 Å². The van der Waals surface area contributed by atoms with Gasteiger partial charge in [-0.25, -0.2) is 4.79 Å². The first-order valence-electron chi connectivity index (χ1n) is 13.2. The predicted octanol–water partition coefficient (Wildman–Crippen LogP) is 5.44. The molecule has 0 N–H and O–H groups in total. The second kappa shape index (κ2) is 7.43. The molecule has 35 heavy (non-hydrogen) atoms. The normalized spacial score (nSPS) is 42.0. The summed E-state index contributed by atoms with van der Waals surface area (Å²) in [5.74, 6) is 1.25. The molecule has 0 spiro atoms. The minimum Gasteiger partial charge on any atom is -0.452 e. The van der Waals surface area contributed by atoms with Gasteiger partial charge in [0.1, 0.15) is 11.3 Å². The van der Waals surface area contributed by atoms with Crippen LogP contribution in [0.3, 0.4) is 0 Å². The number of hydrogen-bond acceptors (Lipinski definition) is 7. The highest BCUT2D eigenvalue weighted by Gasteiger charge is 2.70. The van der Waals surface area contributed by atoms with Crippen LogP contribution in [0, 0.1) is 17.3 Å². The highest BCUT2D eigenvalue weighted by atomic mass is 32.2. The molecule has 3 heterocycles. The molecule has 6 nitrogen and oxygen atoms in total. The standard InChI is InChI=1S/C27H35BO6S/c1-25(2)14-10-20(25)27(5)21(11-14)33-28(34-27)18-12-17(18)16-6-7-19(35-15-8-9-30-13-15)22-23(16)31-26(3,4)32-24(22)29/h6-7,14-15,17-18,20-21H,8-13H2,1-5H3/t14-,15-,17+,18+,20-,21?,27-/m0/s1. The smallest absolute Gasteiger partial charge is 0.452 e. The third-order valence-corrected chi connectivity index (χ3v) is 11.1. The highest BCUT2D eigenvalue weighted by Crippen LogP contribution is 2.68. The van der Waals surface area contributed by atoms with Gasteiger partial charge in [0.25, 0.3) is 0 Å². The van der Waals surface area contributed by atoms with Crippen molar-refractivity contribution < 1.29 is 28.3 Å². The summed E-state index contributed by atoms with van der Waals surface area (Å²) in [5.41, 5.74) is 1.80. The Balaban J connectivity index is 1.16. The number of fused-ring (bicyclic) bond motifs is 1. The van der Waals surface area contributed by atoms with Crippen LogP contribution < -0.4 is 4.74 Å². The number of carbonyl (C=O) groups excluding carboxylic acids is 1. The van der Waals surface area contributed by atoms with E-state index >= 15 is 0 Å². The second-order valence-electron chi connectivity index (χ2n) is 12.7. The number of cyclic esters (lactones) is 1. The van der Waals surface area contributed by atoms with E-state index in [1.807, 2.05) is 0 Å². The lowest BCUT2D eigenvalue weighted by atomic mass is 9.43. The van der Waals surface area contributed by atoms with Gasteiger partial charge in [0.15, 0.2) is 0 Å². The zero-order valence-electron chi connectivity index (χ0n) is 21.3. The maximum atomic E-state index is 13.1. The molecule has 8 rings (SSSR count). The van der Waals surface area contributed by atoms with E-state index in [0.717, 1.165) is 42.2 Å². The molecule has 0 aromatic heterocycles. The van der Waals surface area contributed by atoms with Gasteiger partial charge in [0.05, 0.1) is 18.3 Å². The van der Waals surface area contributed by atoms with Gasteiger partial charge >= 0.3 is 13.1 Å². The fourth-order valence-electron chi connectivity index (χ4n) is 7.56. The zero-order chi connectivity index (χ0) is 24.3. The number of thioether (sulfide) groups is 1. The molecule has 1 aromatic carbocycles. The summed E-state index contributed by atoms with van der Waals surface area (Å²) in [4.78, 5) is 14.1. The van der Waals surface area contributed by atoms with Crippen molar-refractivity contribution >= 4 is 24.8 Å². The largest absolute Gasteiger partial charge is 0.461 e. The quantitative estimate of drug-likeness (QED) is 0.405. The van der Waals surface area contributed by atoms with Gasteiger partial charge in [-0.2, -0.15) is 0 Å². The van der Waals surface area contributed by atoms with Gasteiger partial charge in [0, 0.05) is 36.4 Å². The van der Waals surface area contributed by atoms with Gasteiger partial charge in [-0.05, 0) is 67.4 Å². The van der Waals surface area contributed by atoms with Gasteiger partial charge in [0.2, 0.25) is 5.79 Å². The molecular weight excluding hydrogens is 463 g/mol. The number of rotatable bonds is 4. The molecule has 8 heteroatoms. The number of esters is 1. The summed E-state index contributed by atoms with van der Waals surface area (Å²) >= 11 is 1.70. The van der Waals surface area contributed by atoms with Crippen molar-refractivity contribution in [1.82, 2.24) is 0 Å². The molecule has 2 bridgehead atoms. The van der Waals surface area contributed by atoms with E-state index in [4.69, 9.17) is 23.5 Å². The van der Waals surface area contributed by atoms with Crippen LogP contribution in [-0.4, -0.2) is 49.0 Å². The first-order chi connectivity index (χ1) is 16.6. The van der Waals surface area contributed by atoms with Crippen molar-refractivity contribution in [1.29, 1.82) is 0 Å². The monoisotopic (exact) mass is 498 g/mol. The summed E-state index contributed by atoms with van der Waals surface area (Å²) < 4.78 is 30.9. The molecule has 0 radical (unpaired) electrons. The Kier molecular flexibility index (Phi) is 4.87. The SMILES string of the molecule is CC1(C)OC(=O)c2c(S[C@H]3CCOC3)ccc([C@H]3C[C@H]3B3OC4C[C@@H]5C[C@@H](C5(C)C)[C@]4(C)O3)c2O1. The van der Waals surface area contributed by atoms with E-state index in [9.17, 15) is 4.79 Å². The average molecular weight is 498 g/mol. The Bertz CT molecular complexity index is 1080. The van der Waals surface area contributed by atoms with Crippen LogP contribution in [0.2, 0.25) is 5.82 Å². The van der Waals surface area contributed by atoms with E-state index in [1.165, 1.54) is 6.42 Å². The van der Waals surface area contributed by atoms with Gasteiger partial charge < -0.3 is 23.5 Å². The molecule has 2 saturated heterocycles. The summed E-state index contributed by atoms with van der Waals surface area (Å²) in [6.07, 6.45) is 4.52. The molecule has 0 amide bonds. The van der Waals surface area contributed by atoms with Crippen LogP contribution in [0.1, 0.15) is 82.1 Å². The maximum absolute atomic E-state index is 13.1. The summed E-state index contributed by atoms with van der Waals surface area (Å²) in [6.45, 7) is 12.2. The summed E-state index contributed by atoms with van der Waals surface area (Å²) in [6, 6.07) is 4.23. The Hall–Kier alpha value is -1.22. The fourth-order valence-corrected chi connectivity index (χ4v) is 8.73. The Morgan fingerprint density at radius 1 is 1.06 bits per heavy atom. The minimum absolute atomic E-state index is 0.186.